The third-order valence-corrected chi connectivity index (χ3v) is 3.76. The van der Waals surface area contributed by atoms with E-state index in [-0.39, 0.29) is 12.5 Å². The van der Waals surface area contributed by atoms with Gasteiger partial charge >= 0.3 is 5.97 Å². The predicted molar refractivity (Wildman–Crippen MR) is 73.4 cm³/mol. The van der Waals surface area contributed by atoms with Gasteiger partial charge in [0.2, 0.25) is 0 Å². The monoisotopic (exact) mass is 270 g/mol. The van der Waals surface area contributed by atoms with Crippen LogP contribution in [-0.2, 0) is 4.79 Å². The Balaban J connectivity index is 1.74. The van der Waals surface area contributed by atoms with Crippen molar-refractivity contribution >= 4 is 22.8 Å². The van der Waals surface area contributed by atoms with Gasteiger partial charge < -0.3 is 10.4 Å². The Morgan fingerprint density at radius 1 is 1.30 bits per heavy atom. The van der Waals surface area contributed by atoms with Crippen molar-refractivity contribution in [3.63, 3.8) is 0 Å². The van der Waals surface area contributed by atoms with Crippen LogP contribution in [0, 0.1) is 5.41 Å². The molecule has 1 aliphatic carbocycles. The molecule has 3 rings (SSSR count). The Bertz CT molecular complexity index is 692. The van der Waals surface area contributed by atoms with E-state index in [1.165, 1.54) is 0 Å². The largest absolute Gasteiger partial charge is 0.481 e. The molecule has 1 aliphatic rings. The van der Waals surface area contributed by atoms with Crippen molar-refractivity contribution in [2.24, 2.45) is 5.41 Å². The zero-order valence-electron chi connectivity index (χ0n) is 10.8. The topological polar surface area (TPSA) is 79.3 Å². The molecule has 0 atom stereocenters. The minimum absolute atomic E-state index is 0.187. The molecule has 0 aliphatic heterocycles. The summed E-state index contributed by atoms with van der Waals surface area (Å²) < 4.78 is 0. The second-order valence-corrected chi connectivity index (χ2v) is 5.18. The number of carbonyl (C=O) groups excluding carboxylic acids is 1. The van der Waals surface area contributed by atoms with E-state index in [1.807, 2.05) is 12.1 Å². The van der Waals surface area contributed by atoms with Crippen LogP contribution in [0.2, 0.25) is 0 Å². The fourth-order valence-electron chi connectivity index (χ4n) is 2.19. The summed E-state index contributed by atoms with van der Waals surface area (Å²) in [5, 5.41) is 12.7. The Labute approximate surface area is 115 Å². The fraction of sp³-hybridized carbons (Fsp3) is 0.267. The third kappa shape index (κ3) is 2.22. The molecule has 1 aromatic heterocycles. The molecule has 1 aromatic carbocycles. The molecular formula is C15H14N2O3. The molecule has 102 valence electrons. The highest BCUT2D eigenvalue weighted by Crippen LogP contribution is 2.45. The first kappa shape index (κ1) is 12.6. The van der Waals surface area contributed by atoms with E-state index in [9.17, 15) is 9.59 Å². The maximum Gasteiger partial charge on any atom is 0.311 e. The van der Waals surface area contributed by atoms with Crippen LogP contribution >= 0.6 is 0 Å². The van der Waals surface area contributed by atoms with Crippen molar-refractivity contribution < 1.29 is 14.7 Å². The van der Waals surface area contributed by atoms with Gasteiger partial charge in [-0.05, 0) is 37.1 Å². The third-order valence-electron chi connectivity index (χ3n) is 3.76. The number of carboxylic acid groups (broad SMARTS) is 1. The van der Waals surface area contributed by atoms with Crippen molar-refractivity contribution in [3.8, 4) is 0 Å². The highest BCUT2D eigenvalue weighted by atomic mass is 16.4. The van der Waals surface area contributed by atoms with Crippen molar-refractivity contribution in [2.75, 3.05) is 6.54 Å². The maximum absolute atomic E-state index is 12.1. The number of hydrogen-bond acceptors (Lipinski definition) is 3. The van der Waals surface area contributed by atoms with Crippen LogP contribution in [0.3, 0.4) is 0 Å². The highest BCUT2D eigenvalue weighted by Gasteiger charge is 2.50. The van der Waals surface area contributed by atoms with Crippen LogP contribution in [0.15, 0.2) is 36.5 Å². The average Bonchev–Trinajstić information content (AvgIpc) is 3.25. The minimum Gasteiger partial charge on any atom is -0.481 e. The molecule has 20 heavy (non-hydrogen) atoms. The van der Waals surface area contributed by atoms with Gasteiger partial charge in [0, 0.05) is 23.7 Å². The number of nitrogens with one attached hydrogen (secondary N) is 1. The summed E-state index contributed by atoms with van der Waals surface area (Å²) in [6, 6.07) is 8.95. The van der Waals surface area contributed by atoms with Gasteiger partial charge in [-0.15, -0.1) is 0 Å². The molecule has 1 heterocycles. The number of hydrogen-bond donors (Lipinski definition) is 2. The van der Waals surface area contributed by atoms with Gasteiger partial charge in [-0.1, -0.05) is 6.07 Å². The van der Waals surface area contributed by atoms with Crippen LogP contribution < -0.4 is 5.32 Å². The van der Waals surface area contributed by atoms with Gasteiger partial charge in [0.25, 0.3) is 5.91 Å². The lowest BCUT2D eigenvalue weighted by atomic mass is 10.1. The van der Waals surface area contributed by atoms with Gasteiger partial charge in [-0.3, -0.25) is 14.6 Å². The van der Waals surface area contributed by atoms with Crippen molar-refractivity contribution in [2.45, 2.75) is 12.8 Å². The second-order valence-electron chi connectivity index (χ2n) is 5.18. The van der Waals surface area contributed by atoms with Crippen LogP contribution in [0.25, 0.3) is 10.9 Å². The fourth-order valence-corrected chi connectivity index (χ4v) is 2.19. The number of nitrogens with zero attached hydrogens (tertiary/aromatic N) is 1. The number of fused-ring (bicyclic) bond motifs is 1. The molecule has 2 N–H and O–H groups in total. The summed E-state index contributed by atoms with van der Waals surface area (Å²) in [5.74, 6) is -1.08. The van der Waals surface area contributed by atoms with Crippen LogP contribution in [0.4, 0.5) is 0 Å². The molecule has 5 heteroatoms. The molecule has 0 spiro atoms. The number of carboxylic acids is 1. The lowest BCUT2D eigenvalue weighted by molar-refractivity contribution is -0.143. The summed E-state index contributed by atoms with van der Waals surface area (Å²) in [4.78, 5) is 27.3. The highest BCUT2D eigenvalue weighted by molar-refractivity contribution is 5.98. The number of aliphatic carboxylic acids is 1. The summed E-state index contributed by atoms with van der Waals surface area (Å²) in [5.41, 5.74) is 0.605. The summed E-state index contributed by atoms with van der Waals surface area (Å²) in [6.45, 7) is 0.187. The number of pyridine rings is 1. The Morgan fingerprint density at radius 3 is 2.80 bits per heavy atom. The quantitative estimate of drug-likeness (QED) is 0.888. The van der Waals surface area contributed by atoms with Crippen LogP contribution in [0.5, 0.6) is 0 Å². The van der Waals surface area contributed by atoms with Gasteiger partial charge in [-0.2, -0.15) is 0 Å². The molecule has 1 saturated carbocycles. The lowest BCUT2D eigenvalue weighted by Crippen LogP contribution is -2.34. The van der Waals surface area contributed by atoms with Gasteiger partial charge in [-0.25, -0.2) is 0 Å². The van der Waals surface area contributed by atoms with E-state index in [2.05, 4.69) is 10.3 Å². The summed E-state index contributed by atoms with van der Waals surface area (Å²) >= 11 is 0. The van der Waals surface area contributed by atoms with E-state index >= 15 is 0 Å². The number of aromatic nitrogens is 1. The van der Waals surface area contributed by atoms with E-state index in [4.69, 9.17) is 5.11 Å². The standard InChI is InChI=1S/C15H14N2O3/c18-13(17-9-15(5-6-15)14(19)20)11-3-4-12-10(8-11)2-1-7-16-12/h1-4,7-8H,5-6,9H2,(H,17,18)(H,19,20). The Morgan fingerprint density at radius 2 is 2.10 bits per heavy atom. The molecule has 0 unspecified atom stereocenters. The van der Waals surface area contributed by atoms with Crippen molar-refractivity contribution in [1.82, 2.24) is 10.3 Å². The lowest BCUT2D eigenvalue weighted by Gasteiger charge is -2.11. The van der Waals surface area contributed by atoms with Gasteiger partial charge in [0.05, 0.1) is 10.9 Å². The average molecular weight is 270 g/mol. The first-order valence-electron chi connectivity index (χ1n) is 6.47. The number of carbonyl (C=O) groups is 2. The van der Waals surface area contributed by atoms with E-state index in [0.29, 0.717) is 18.4 Å². The Kier molecular flexibility index (Phi) is 2.89. The Hall–Kier alpha value is -2.43. The molecule has 2 aromatic rings. The number of amides is 1. The van der Waals surface area contributed by atoms with Gasteiger partial charge in [0.1, 0.15) is 0 Å². The molecule has 1 fully saturated rings. The molecule has 0 bridgehead atoms. The molecule has 0 radical (unpaired) electrons. The van der Waals surface area contributed by atoms with Crippen molar-refractivity contribution in [3.05, 3.63) is 42.1 Å². The normalized spacial score (nSPS) is 15.8. The molecule has 1 amide bonds. The second kappa shape index (κ2) is 4.59. The number of rotatable bonds is 4. The SMILES string of the molecule is O=C(NCC1(C(=O)O)CC1)c1ccc2ncccc2c1. The zero-order chi connectivity index (χ0) is 14.2. The van der Waals surface area contributed by atoms with Crippen LogP contribution in [0.1, 0.15) is 23.2 Å². The first-order valence-corrected chi connectivity index (χ1v) is 6.47. The van der Waals surface area contributed by atoms with Crippen molar-refractivity contribution in [1.29, 1.82) is 0 Å². The summed E-state index contributed by atoms with van der Waals surface area (Å²) in [6.07, 6.45) is 2.96. The zero-order valence-corrected chi connectivity index (χ0v) is 10.8. The molecular weight excluding hydrogens is 256 g/mol. The number of benzene rings is 1. The summed E-state index contributed by atoms with van der Waals surface area (Å²) in [7, 11) is 0. The van der Waals surface area contributed by atoms with Crippen LogP contribution in [-0.4, -0.2) is 28.5 Å². The first-order chi connectivity index (χ1) is 9.61. The van der Waals surface area contributed by atoms with E-state index in [0.717, 1.165) is 10.9 Å². The predicted octanol–water partition coefficient (Wildman–Crippen LogP) is 1.83. The minimum atomic E-state index is -0.833. The smallest absolute Gasteiger partial charge is 0.311 e. The van der Waals surface area contributed by atoms with E-state index < -0.39 is 11.4 Å². The maximum atomic E-state index is 12.1. The molecule has 0 saturated heterocycles. The van der Waals surface area contributed by atoms with Gasteiger partial charge in [0.15, 0.2) is 0 Å². The molecule has 5 nitrogen and oxygen atoms in total. The van der Waals surface area contributed by atoms with E-state index in [1.54, 1.807) is 24.4 Å².